The van der Waals surface area contributed by atoms with E-state index in [4.69, 9.17) is 9.47 Å². The van der Waals surface area contributed by atoms with Gasteiger partial charge in [0.1, 0.15) is 12.3 Å². The Labute approximate surface area is 177 Å². The third kappa shape index (κ3) is 4.48. The third-order valence-electron chi connectivity index (χ3n) is 5.20. The van der Waals surface area contributed by atoms with Crippen LogP contribution in [0.1, 0.15) is 18.4 Å². The van der Waals surface area contributed by atoms with Crippen molar-refractivity contribution in [3.05, 3.63) is 63.1 Å². The molecule has 0 spiro atoms. The molecular formula is C21H23N5O5. The van der Waals surface area contributed by atoms with E-state index in [-0.39, 0.29) is 36.3 Å². The Morgan fingerprint density at radius 3 is 2.68 bits per heavy atom. The van der Waals surface area contributed by atoms with Crippen LogP contribution in [0.4, 0.5) is 0 Å². The van der Waals surface area contributed by atoms with E-state index < -0.39 is 11.2 Å². The molecule has 3 aromatic rings. The number of hydrogen-bond acceptors (Lipinski definition) is 7. The van der Waals surface area contributed by atoms with E-state index in [0.29, 0.717) is 18.9 Å². The van der Waals surface area contributed by atoms with E-state index in [1.165, 1.54) is 17.0 Å². The number of aromatic nitrogens is 4. The molecule has 0 radical (unpaired) electrons. The Balaban J connectivity index is 1.66. The van der Waals surface area contributed by atoms with E-state index in [1.807, 2.05) is 0 Å². The number of carbonyl (C=O) groups is 1. The molecular weight excluding hydrogens is 402 g/mol. The number of hydrogen-bond donors (Lipinski definition) is 1. The highest BCUT2D eigenvalue weighted by molar-refractivity contribution is 5.78. The Hall–Kier alpha value is -3.53. The minimum absolute atomic E-state index is 0.0127. The number of amides is 1. The van der Waals surface area contributed by atoms with Crippen LogP contribution in [0.2, 0.25) is 0 Å². The van der Waals surface area contributed by atoms with Gasteiger partial charge in [0.25, 0.3) is 5.56 Å². The standard InChI is InChI=1S/C21H23N5O5/c1-30-15-6-4-14(5-7-15)12-26-20(28)18-19(23-9-8-22-18)25(21(26)29)13-17(27)24-11-16-3-2-10-31-16/h4-9,16H,2-3,10-13H2,1H3,(H,24,27)/t16-/m1/s1. The molecule has 1 saturated heterocycles. The fourth-order valence-electron chi connectivity index (χ4n) is 3.56. The van der Waals surface area contributed by atoms with Crippen LogP contribution >= 0.6 is 0 Å². The van der Waals surface area contributed by atoms with Gasteiger partial charge in [-0.05, 0) is 30.5 Å². The topological polar surface area (TPSA) is 117 Å². The monoisotopic (exact) mass is 425 g/mol. The average molecular weight is 425 g/mol. The number of nitrogens with zero attached hydrogens (tertiary/aromatic N) is 4. The molecule has 0 unspecified atom stereocenters. The molecule has 0 saturated carbocycles. The molecule has 162 valence electrons. The lowest BCUT2D eigenvalue weighted by atomic mass is 10.2. The van der Waals surface area contributed by atoms with E-state index in [0.717, 1.165) is 23.0 Å². The fraction of sp³-hybridized carbons (Fsp3) is 0.381. The molecule has 0 aliphatic carbocycles. The van der Waals surface area contributed by atoms with Crippen molar-refractivity contribution >= 4 is 17.1 Å². The van der Waals surface area contributed by atoms with Crippen LogP contribution in [0.5, 0.6) is 5.75 Å². The maximum atomic E-state index is 13.2. The zero-order chi connectivity index (χ0) is 21.8. The Morgan fingerprint density at radius 1 is 1.19 bits per heavy atom. The number of fused-ring (bicyclic) bond motifs is 1. The zero-order valence-electron chi connectivity index (χ0n) is 17.1. The first-order chi connectivity index (χ1) is 15.1. The maximum absolute atomic E-state index is 13.2. The Morgan fingerprint density at radius 2 is 1.97 bits per heavy atom. The van der Waals surface area contributed by atoms with Crippen LogP contribution in [0, 0.1) is 0 Å². The highest BCUT2D eigenvalue weighted by atomic mass is 16.5. The molecule has 31 heavy (non-hydrogen) atoms. The molecule has 3 heterocycles. The lowest BCUT2D eigenvalue weighted by molar-refractivity contribution is -0.122. The number of carbonyl (C=O) groups excluding carboxylic acids is 1. The van der Waals surface area contributed by atoms with Gasteiger partial charge in [-0.25, -0.2) is 14.8 Å². The van der Waals surface area contributed by atoms with Gasteiger partial charge in [0, 0.05) is 25.5 Å². The van der Waals surface area contributed by atoms with Gasteiger partial charge in [-0.3, -0.25) is 18.7 Å². The number of ether oxygens (including phenoxy) is 2. The molecule has 10 heteroatoms. The van der Waals surface area contributed by atoms with Gasteiger partial charge in [0.15, 0.2) is 11.2 Å². The summed E-state index contributed by atoms with van der Waals surface area (Å²) in [7, 11) is 1.56. The number of rotatable bonds is 7. The van der Waals surface area contributed by atoms with Crippen molar-refractivity contribution in [2.75, 3.05) is 20.3 Å². The summed E-state index contributed by atoms with van der Waals surface area (Å²) in [6, 6.07) is 7.03. The first-order valence-corrected chi connectivity index (χ1v) is 10.0. The molecule has 0 bridgehead atoms. The average Bonchev–Trinajstić information content (AvgIpc) is 3.32. The first-order valence-electron chi connectivity index (χ1n) is 10.0. The van der Waals surface area contributed by atoms with Crippen LogP contribution < -0.4 is 21.3 Å². The molecule has 10 nitrogen and oxygen atoms in total. The van der Waals surface area contributed by atoms with Crippen LogP contribution in [-0.2, 0) is 22.6 Å². The summed E-state index contributed by atoms with van der Waals surface area (Å²) in [5.41, 5.74) is -0.336. The van der Waals surface area contributed by atoms with Crippen molar-refractivity contribution in [3.8, 4) is 5.75 Å². The van der Waals surface area contributed by atoms with Crippen molar-refractivity contribution in [3.63, 3.8) is 0 Å². The molecule has 1 aliphatic rings. The van der Waals surface area contributed by atoms with E-state index >= 15 is 0 Å². The van der Waals surface area contributed by atoms with Crippen molar-refractivity contribution in [2.45, 2.75) is 32.0 Å². The fourth-order valence-corrected chi connectivity index (χ4v) is 3.56. The summed E-state index contributed by atoms with van der Waals surface area (Å²) in [5, 5.41) is 2.79. The lowest BCUT2D eigenvalue weighted by Crippen LogP contribution is -2.44. The van der Waals surface area contributed by atoms with Crippen LogP contribution in [0.25, 0.3) is 11.2 Å². The van der Waals surface area contributed by atoms with Gasteiger partial charge in [0.2, 0.25) is 5.91 Å². The normalized spacial score (nSPS) is 15.8. The number of nitrogens with one attached hydrogen (secondary N) is 1. The van der Waals surface area contributed by atoms with Crippen molar-refractivity contribution in [1.29, 1.82) is 0 Å². The van der Waals surface area contributed by atoms with Gasteiger partial charge in [0.05, 0.1) is 19.8 Å². The van der Waals surface area contributed by atoms with E-state index in [1.54, 1.807) is 31.4 Å². The van der Waals surface area contributed by atoms with Crippen LogP contribution in [0.15, 0.2) is 46.2 Å². The molecule has 1 N–H and O–H groups in total. The van der Waals surface area contributed by atoms with Crippen LogP contribution in [0.3, 0.4) is 0 Å². The van der Waals surface area contributed by atoms with Gasteiger partial charge in [-0.15, -0.1) is 0 Å². The second-order valence-electron chi connectivity index (χ2n) is 7.28. The number of methoxy groups -OCH3 is 1. The lowest BCUT2D eigenvalue weighted by Gasteiger charge is -2.14. The Bertz CT molecular complexity index is 1200. The smallest absolute Gasteiger partial charge is 0.333 e. The molecule has 1 atom stereocenters. The Kier molecular flexibility index (Phi) is 6.08. The van der Waals surface area contributed by atoms with Gasteiger partial charge in [-0.2, -0.15) is 0 Å². The summed E-state index contributed by atoms with van der Waals surface area (Å²) in [6.45, 7) is 0.828. The highest BCUT2D eigenvalue weighted by Gasteiger charge is 2.19. The molecule has 1 fully saturated rings. The summed E-state index contributed by atoms with van der Waals surface area (Å²) in [6.07, 6.45) is 4.61. The second kappa shape index (κ2) is 9.09. The molecule has 2 aromatic heterocycles. The minimum atomic E-state index is -0.624. The third-order valence-corrected chi connectivity index (χ3v) is 5.20. The first kappa shape index (κ1) is 20.7. The summed E-state index contributed by atoms with van der Waals surface area (Å²) >= 11 is 0. The van der Waals surface area contributed by atoms with Gasteiger partial charge in [-0.1, -0.05) is 12.1 Å². The predicted octanol–water partition coefficient (Wildman–Crippen LogP) is 0.305. The van der Waals surface area contributed by atoms with Crippen LogP contribution in [-0.4, -0.2) is 51.4 Å². The minimum Gasteiger partial charge on any atom is -0.497 e. The summed E-state index contributed by atoms with van der Waals surface area (Å²) in [4.78, 5) is 46.8. The van der Waals surface area contributed by atoms with Gasteiger partial charge >= 0.3 is 5.69 Å². The van der Waals surface area contributed by atoms with Gasteiger partial charge < -0.3 is 14.8 Å². The van der Waals surface area contributed by atoms with Crippen molar-refractivity contribution in [1.82, 2.24) is 24.4 Å². The second-order valence-corrected chi connectivity index (χ2v) is 7.28. The van der Waals surface area contributed by atoms with E-state index in [9.17, 15) is 14.4 Å². The molecule has 1 aliphatic heterocycles. The predicted molar refractivity (Wildman–Crippen MR) is 112 cm³/mol. The SMILES string of the molecule is COc1ccc(Cn2c(=O)c3nccnc3n(CC(=O)NC[C@H]3CCCO3)c2=O)cc1. The zero-order valence-corrected chi connectivity index (χ0v) is 17.1. The quantitative estimate of drug-likeness (QED) is 0.579. The van der Waals surface area contributed by atoms with Crippen molar-refractivity contribution < 1.29 is 14.3 Å². The van der Waals surface area contributed by atoms with Crippen molar-refractivity contribution in [2.24, 2.45) is 0 Å². The largest absolute Gasteiger partial charge is 0.497 e. The molecule has 1 aromatic carbocycles. The summed E-state index contributed by atoms with van der Waals surface area (Å²) < 4.78 is 12.9. The number of benzene rings is 1. The molecule has 4 rings (SSSR count). The summed E-state index contributed by atoms with van der Waals surface area (Å²) in [5.74, 6) is 0.306. The molecule has 1 amide bonds. The highest BCUT2D eigenvalue weighted by Crippen LogP contribution is 2.12. The van der Waals surface area contributed by atoms with E-state index in [2.05, 4.69) is 15.3 Å². The maximum Gasteiger partial charge on any atom is 0.333 e.